The molecule has 0 radical (unpaired) electrons. The minimum Gasteiger partial charge on any atom is -0.484 e. The lowest BCUT2D eigenvalue weighted by Gasteiger charge is -2.30. The van der Waals surface area contributed by atoms with Gasteiger partial charge in [-0.05, 0) is 75.3 Å². The zero-order valence-electron chi connectivity index (χ0n) is 19.0. The van der Waals surface area contributed by atoms with Gasteiger partial charge in [0.05, 0.1) is 11.9 Å². The molecule has 7 nitrogen and oxygen atoms in total. The van der Waals surface area contributed by atoms with Crippen LogP contribution in [0.15, 0.2) is 48.8 Å². The monoisotopic (exact) mass is 473 g/mol. The van der Waals surface area contributed by atoms with Gasteiger partial charge in [0.15, 0.2) is 12.4 Å². The van der Waals surface area contributed by atoms with Gasteiger partial charge in [0.1, 0.15) is 5.75 Å². The maximum atomic E-state index is 13.1. The van der Waals surface area contributed by atoms with Crippen LogP contribution in [0.1, 0.15) is 28.8 Å². The minimum absolute atomic E-state index is 0.0586. The minimum atomic E-state index is -4.41. The Morgan fingerprint density at radius 2 is 2.00 bits per heavy atom. The Morgan fingerprint density at radius 1 is 1.24 bits per heavy atom. The van der Waals surface area contributed by atoms with Crippen LogP contribution >= 0.6 is 0 Å². The Bertz CT molecular complexity index is 1140. The second-order valence-corrected chi connectivity index (χ2v) is 8.56. The molecular weight excluding hydrogens is 447 g/mol. The Hall–Kier alpha value is -3.40. The zero-order valence-corrected chi connectivity index (χ0v) is 19.0. The summed E-state index contributed by atoms with van der Waals surface area (Å²) in [6, 6.07) is 9.54. The summed E-state index contributed by atoms with van der Waals surface area (Å²) in [6.45, 7) is 2.34. The summed E-state index contributed by atoms with van der Waals surface area (Å²) in [6.07, 6.45) is 1.02. The average Bonchev–Trinajstić information content (AvgIpc) is 3.24. The van der Waals surface area contributed by atoms with E-state index in [-0.39, 0.29) is 17.7 Å². The summed E-state index contributed by atoms with van der Waals surface area (Å²) < 4.78 is 43.6. The molecule has 0 saturated carbocycles. The summed E-state index contributed by atoms with van der Waals surface area (Å²) in [5.41, 5.74) is 2.50. The molecule has 0 unspecified atom stereocenters. The number of likely N-dealkylation sites (tertiary alicyclic amines) is 1. The first-order valence-corrected chi connectivity index (χ1v) is 11.0. The van der Waals surface area contributed by atoms with Gasteiger partial charge >= 0.3 is 6.18 Å². The van der Waals surface area contributed by atoms with Gasteiger partial charge in [0.25, 0.3) is 5.91 Å². The largest absolute Gasteiger partial charge is 0.484 e. The fourth-order valence-electron chi connectivity index (χ4n) is 3.89. The van der Waals surface area contributed by atoms with Crippen molar-refractivity contribution < 1.29 is 22.7 Å². The van der Waals surface area contributed by atoms with E-state index in [1.165, 1.54) is 12.1 Å². The fraction of sp³-hybridized carbons (Fsp3) is 0.375. The number of carbonyl (C=O) groups excluding carboxylic acids is 1. The molecule has 0 aliphatic carbocycles. The van der Waals surface area contributed by atoms with Gasteiger partial charge in [0, 0.05) is 29.9 Å². The van der Waals surface area contributed by atoms with Crippen molar-refractivity contribution in [1.29, 1.82) is 0 Å². The SMILES string of the molecule is Cc1cnn(-c2cc(C(=O)N[C@H]3CCCN(C)C3)cc(-c3ccc(OCC(F)(F)F)cc3)n2)c1. The van der Waals surface area contributed by atoms with Crippen molar-refractivity contribution in [3.05, 3.63) is 59.9 Å². The first-order valence-electron chi connectivity index (χ1n) is 11.0. The maximum absolute atomic E-state index is 13.1. The number of nitrogens with zero attached hydrogens (tertiary/aromatic N) is 4. The van der Waals surface area contributed by atoms with Crippen LogP contribution in [0.3, 0.4) is 0 Å². The molecule has 1 amide bonds. The second-order valence-electron chi connectivity index (χ2n) is 8.56. The number of halogens is 3. The third kappa shape index (κ3) is 6.13. The van der Waals surface area contributed by atoms with E-state index in [4.69, 9.17) is 4.74 Å². The van der Waals surface area contributed by atoms with Crippen LogP contribution in [0.4, 0.5) is 13.2 Å². The van der Waals surface area contributed by atoms with Crippen LogP contribution < -0.4 is 10.1 Å². The van der Waals surface area contributed by atoms with E-state index in [2.05, 4.69) is 20.3 Å². The molecule has 1 saturated heterocycles. The number of hydrogen-bond donors (Lipinski definition) is 1. The van der Waals surface area contributed by atoms with E-state index in [1.54, 1.807) is 41.3 Å². The standard InChI is InChI=1S/C24H26F3N5O2/c1-16-12-28-32(13-16)22-11-18(23(33)29-19-4-3-9-31(2)14-19)10-21(30-22)17-5-7-20(8-6-17)34-15-24(25,26)27/h5-8,10-13,19H,3-4,9,14-15H2,1-2H3,(H,29,33)/t19-/m0/s1. The maximum Gasteiger partial charge on any atom is 0.422 e. The number of carbonyl (C=O) groups is 1. The van der Waals surface area contributed by atoms with Crippen molar-refractivity contribution in [2.24, 2.45) is 0 Å². The first-order chi connectivity index (χ1) is 16.2. The molecule has 0 bridgehead atoms. The van der Waals surface area contributed by atoms with Crippen LogP contribution in [0.5, 0.6) is 5.75 Å². The van der Waals surface area contributed by atoms with Crippen molar-refractivity contribution in [1.82, 2.24) is 25.0 Å². The first kappa shape index (κ1) is 23.7. The molecule has 0 spiro atoms. The molecule has 4 rings (SSSR count). The van der Waals surface area contributed by atoms with Crippen molar-refractivity contribution in [3.63, 3.8) is 0 Å². The lowest BCUT2D eigenvalue weighted by atomic mass is 10.0. The van der Waals surface area contributed by atoms with Gasteiger partial charge in [0.2, 0.25) is 0 Å². The molecule has 34 heavy (non-hydrogen) atoms. The van der Waals surface area contributed by atoms with Gasteiger partial charge in [-0.25, -0.2) is 9.67 Å². The molecule has 3 heterocycles. The predicted molar refractivity (Wildman–Crippen MR) is 121 cm³/mol. The molecule has 1 fully saturated rings. The van der Waals surface area contributed by atoms with Gasteiger partial charge < -0.3 is 15.0 Å². The van der Waals surface area contributed by atoms with Crippen LogP contribution in [-0.2, 0) is 0 Å². The summed E-state index contributed by atoms with van der Waals surface area (Å²) in [7, 11) is 2.03. The summed E-state index contributed by atoms with van der Waals surface area (Å²) in [5.74, 6) is 0.354. The normalized spacial score (nSPS) is 16.9. The average molecular weight is 473 g/mol. The van der Waals surface area contributed by atoms with Gasteiger partial charge in [-0.2, -0.15) is 18.3 Å². The molecule has 1 N–H and O–H groups in total. The quantitative estimate of drug-likeness (QED) is 0.586. The van der Waals surface area contributed by atoms with E-state index in [0.29, 0.717) is 22.6 Å². The molecule has 180 valence electrons. The van der Waals surface area contributed by atoms with Crippen molar-refractivity contribution in [3.8, 4) is 22.8 Å². The molecule has 3 aromatic rings. The topological polar surface area (TPSA) is 72.3 Å². The number of likely N-dealkylation sites (N-methyl/N-ethyl adjacent to an activating group) is 1. The molecule has 1 aromatic carbocycles. The highest BCUT2D eigenvalue weighted by Crippen LogP contribution is 2.25. The molecular formula is C24H26F3N5O2. The highest BCUT2D eigenvalue weighted by Gasteiger charge is 2.28. The number of rotatable bonds is 6. The number of pyridine rings is 1. The summed E-state index contributed by atoms with van der Waals surface area (Å²) >= 11 is 0. The third-order valence-corrected chi connectivity index (χ3v) is 5.53. The molecule has 2 aromatic heterocycles. The Balaban J connectivity index is 1.62. The Labute approximate surface area is 195 Å². The highest BCUT2D eigenvalue weighted by molar-refractivity contribution is 5.95. The number of amides is 1. The number of piperidine rings is 1. The van der Waals surface area contributed by atoms with Crippen LogP contribution in [0, 0.1) is 6.92 Å². The van der Waals surface area contributed by atoms with Crippen molar-refractivity contribution >= 4 is 5.91 Å². The molecule has 1 aliphatic rings. The van der Waals surface area contributed by atoms with E-state index < -0.39 is 12.8 Å². The van der Waals surface area contributed by atoms with Crippen LogP contribution in [0.2, 0.25) is 0 Å². The number of nitrogens with one attached hydrogen (secondary N) is 1. The smallest absolute Gasteiger partial charge is 0.422 e. The van der Waals surface area contributed by atoms with Crippen molar-refractivity contribution in [2.75, 3.05) is 26.7 Å². The number of ether oxygens (including phenoxy) is 1. The van der Waals surface area contributed by atoms with E-state index in [1.807, 2.05) is 14.0 Å². The van der Waals surface area contributed by atoms with E-state index in [0.717, 1.165) is 31.5 Å². The van der Waals surface area contributed by atoms with E-state index in [9.17, 15) is 18.0 Å². The summed E-state index contributed by atoms with van der Waals surface area (Å²) in [4.78, 5) is 19.9. The molecule has 1 atom stereocenters. The van der Waals surface area contributed by atoms with Crippen molar-refractivity contribution in [2.45, 2.75) is 32.0 Å². The number of aromatic nitrogens is 3. The van der Waals surface area contributed by atoms with Crippen LogP contribution in [0.25, 0.3) is 17.1 Å². The fourth-order valence-corrected chi connectivity index (χ4v) is 3.89. The van der Waals surface area contributed by atoms with Gasteiger partial charge in [-0.1, -0.05) is 0 Å². The zero-order chi connectivity index (χ0) is 24.3. The highest BCUT2D eigenvalue weighted by atomic mass is 19.4. The number of benzene rings is 1. The second kappa shape index (κ2) is 9.84. The Morgan fingerprint density at radius 3 is 2.65 bits per heavy atom. The number of hydrogen-bond acceptors (Lipinski definition) is 5. The number of alkyl halides is 3. The van der Waals surface area contributed by atoms with Gasteiger partial charge in [-0.15, -0.1) is 0 Å². The van der Waals surface area contributed by atoms with E-state index >= 15 is 0 Å². The number of aryl methyl sites for hydroxylation is 1. The third-order valence-electron chi connectivity index (χ3n) is 5.53. The lowest BCUT2D eigenvalue weighted by Crippen LogP contribution is -2.46. The predicted octanol–water partition coefficient (Wildman–Crippen LogP) is 4.01. The lowest BCUT2D eigenvalue weighted by molar-refractivity contribution is -0.153. The van der Waals surface area contributed by atoms with Crippen LogP contribution in [-0.4, -0.2) is 64.5 Å². The molecule has 1 aliphatic heterocycles. The molecule has 10 heteroatoms. The van der Waals surface area contributed by atoms with Gasteiger partial charge in [-0.3, -0.25) is 4.79 Å². The Kier molecular flexibility index (Phi) is 6.87. The summed E-state index contributed by atoms with van der Waals surface area (Å²) in [5, 5.41) is 7.40.